The zero-order valence-electron chi connectivity index (χ0n) is 23.9. The van der Waals surface area contributed by atoms with Gasteiger partial charge >= 0.3 is 11.9 Å². The molecule has 0 unspecified atom stereocenters. The quantitative estimate of drug-likeness (QED) is 0.284. The maximum Gasteiger partial charge on any atom is 0.329 e. The first-order valence-electron chi connectivity index (χ1n) is 14.4. The van der Waals surface area contributed by atoms with Crippen LogP contribution in [0.15, 0.2) is 84.9 Å². The summed E-state index contributed by atoms with van der Waals surface area (Å²) in [5.41, 5.74) is 4.23. The van der Waals surface area contributed by atoms with E-state index in [1.54, 1.807) is 4.90 Å². The Kier molecular flexibility index (Phi) is 7.56. The number of rotatable bonds is 9. The molecule has 4 aromatic rings. The minimum atomic E-state index is -0.943. The third-order valence-electron chi connectivity index (χ3n) is 8.49. The molecule has 2 aliphatic heterocycles. The van der Waals surface area contributed by atoms with Crippen LogP contribution in [0, 0.1) is 0 Å². The summed E-state index contributed by atoms with van der Waals surface area (Å²) in [5, 5.41) is 1.12. The predicted molar refractivity (Wildman–Crippen MR) is 158 cm³/mol. The zero-order chi connectivity index (χ0) is 29.3. The van der Waals surface area contributed by atoms with Gasteiger partial charge < -0.3 is 19.4 Å². The lowest BCUT2D eigenvalue weighted by atomic mass is 9.96. The van der Waals surface area contributed by atoms with E-state index in [-0.39, 0.29) is 32.0 Å². The van der Waals surface area contributed by atoms with Crippen molar-refractivity contribution in [1.82, 2.24) is 14.8 Å². The molecule has 6 rings (SSSR count). The highest BCUT2D eigenvalue weighted by atomic mass is 16.5. The fourth-order valence-corrected chi connectivity index (χ4v) is 6.35. The Morgan fingerprint density at radius 1 is 0.905 bits per heavy atom. The van der Waals surface area contributed by atoms with Crippen LogP contribution in [0.3, 0.4) is 0 Å². The third kappa shape index (κ3) is 5.30. The molecule has 8 nitrogen and oxygen atoms in total. The van der Waals surface area contributed by atoms with Crippen LogP contribution in [0.2, 0.25) is 0 Å². The van der Waals surface area contributed by atoms with Gasteiger partial charge in [0, 0.05) is 29.6 Å². The first-order valence-corrected chi connectivity index (χ1v) is 14.4. The summed E-state index contributed by atoms with van der Waals surface area (Å²) in [7, 11) is 0. The lowest BCUT2D eigenvalue weighted by Crippen LogP contribution is -2.56. The summed E-state index contributed by atoms with van der Waals surface area (Å²) in [6, 6.07) is 25.6. The summed E-state index contributed by atoms with van der Waals surface area (Å²) in [6.45, 7) is 4.71. The number of hydrogen-bond donors (Lipinski definition) is 1. The molecule has 1 amide bonds. The van der Waals surface area contributed by atoms with Crippen molar-refractivity contribution in [2.75, 3.05) is 0 Å². The van der Waals surface area contributed by atoms with Gasteiger partial charge in [0.05, 0.1) is 11.7 Å². The number of nitrogens with one attached hydrogen (secondary N) is 1. The molecule has 1 aromatic heterocycles. The molecule has 2 aliphatic rings. The molecule has 8 heteroatoms. The number of carbonyl (C=O) groups excluding carboxylic acids is 3. The standard InChI is InChI=1S/C34H35N3O5/c1-34(2)36-20-28-26(25-15-9-10-16-27(25)35-28)19-30(36)32(39)37(34)29(33(40)42-22-24-13-7-4-8-14-24)17-18-31(38)41-21-23-11-5-3-6-12-23/h3-16,29-30,35H,17-22H2,1-2H3/t29-,30-/m0/s1. The summed E-state index contributed by atoms with van der Waals surface area (Å²) in [6.07, 6.45) is 0.625. The van der Waals surface area contributed by atoms with Gasteiger partial charge in [-0.2, -0.15) is 0 Å². The monoisotopic (exact) mass is 565 g/mol. The Bertz CT molecular complexity index is 1600. The Morgan fingerprint density at radius 3 is 2.21 bits per heavy atom. The van der Waals surface area contributed by atoms with E-state index < -0.39 is 29.7 Å². The Hall–Kier alpha value is -4.43. The number of para-hydroxylation sites is 1. The van der Waals surface area contributed by atoms with Crippen molar-refractivity contribution in [2.24, 2.45) is 0 Å². The summed E-state index contributed by atoms with van der Waals surface area (Å²) < 4.78 is 11.2. The van der Waals surface area contributed by atoms with E-state index in [1.165, 1.54) is 0 Å². The number of aromatic amines is 1. The Balaban J connectivity index is 1.22. The summed E-state index contributed by atoms with van der Waals surface area (Å²) in [4.78, 5) is 47.9. The average molecular weight is 566 g/mol. The van der Waals surface area contributed by atoms with Gasteiger partial charge in [0.1, 0.15) is 19.3 Å². The molecule has 1 saturated heterocycles. The smallest absolute Gasteiger partial charge is 0.329 e. The normalized spacial score (nSPS) is 18.4. The second kappa shape index (κ2) is 11.4. The number of ether oxygens (including phenoxy) is 2. The molecule has 0 saturated carbocycles. The zero-order valence-corrected chi connectivity index (χ0v) is 23.9. The first-order chi connectivity index (χ1) is 20.3. The van der Waals surface area contributed by atoms with E-state index in [9.17, 15) is 14.4 Å². The van der Waals surface area contributed by atoms with E-state index in [1.807, 2.05) is 92.7 Å². The second-order valence-corrected chi connectivity index (χ2v) is 11.5. The maximum absolute atomic E-state index is 14.1. The molecular weight excluding hydrogens is 530 g/mol. The van der Waals surface area contributed by atoms with E-state index >= 15 is 0 Å². The SMILES string of the molecule is CC1(C)N2Cc3[nH]c4ccccc4c3C[C@H]2C(=O)N1[C@@H](CCC(=O)OCc1ccccc1)C(=O)OCc1ccccc1. The van der Waals surface area contributed by atoms with E-state index in [0.717, 1.165) is 33.3 Å². The van der Waals surface area contributed by atoms with Crippen LogP contribution in [-0.2, 0) is 50.0 Å². The number of carbonyl (C=O) groups is 3. The van der Waals surface area contributed by atoms with Gasteiger partial charge in [0.25, 0.3) is 0 Å². The highest BCUT2D eigenvalue weighted by Gasteiger charge is 2.56. The highest BCUT2D eigenvalue weighted by molar-refractivity contribution is 5.92. The molecule has 0 radical (unpaired) electrons. The summed E-state index contributed by atoms with van der Waals surface area (Å²) >= 11 is 0. The van der Waals surface area contributed by atoms with Crippen molar-refractivity contribution in [3.8, 4) is 0 Å². The lowest BCUT2D eigenvalue weighted by Gasteiger charge is -2.42. The number of hydrogen-bond acceptors (Lipinski definition) is 6. The molecule has 1 N–H and O–H groups in total. The van der Waals surface area contributed by atoms with Crippen molar-refractivity contribution in [3.05, 3.63) is 107 Å². The molecule has 3 aromatic carbocycles. The fraction of sp³-hybridized carbons (Fsp3) is 0.324. The van der Waals surface area contributed by atoms with Crippen LogP contribution >= 0.6 is 0 Å². The van der Waals surface area contributed by atoms with Crippen molar-refractivity contribution in [2.45, 2.75) is 70.6 Å². The molecule has 2 atom stereocenters. The first kappa shape index (κ1) is 27.7. The van der Waals surface area contributed by atoms with Crippen LogP contribution < -0.4 is 0 Å². The molecule has 1 fully saturated rings. The molecule has 3 heterocycles. The van der Waals surface area contributed by atoms with Gasteiger partial charge in [-0.25, -0.2) is 4.79 Å². The van der Waals surface area contributed by atoms with Crippen LogP contribution in [0.4, 0.5) is 0 Å². The molecule has 42 heavy (non-hydrogen) atoms. The van der Waals surface area contributed by atoms with Gasteiger partial charge in [0.2, 0.25) is 5.91 Å². The molecule has 0 spiro atoms. The number of nitrogens with zero attached hydrogens (tertiary/aromatic N) is 2. The second-order valence-electron chi connectivity index (χ2n) is 11.5. The van der Waals surface area contributed by atoms with Crippen molar-refractivity contribution in [1.29, 1.82) is 0 Å². The summed E-state index contributed by atoms with van der Waals surface area (Å²) in [5.74, 6) is -1.08. The van der Waals surface area contributed by atoms with E-state index in [4.69, 9.17) is 9.47 Å². The van der Waals surface area contributed by atoms with Crippen LogP contribution in [-0.4, -0.2) is 50.4 Å². The van der Waals surface area contributed by atoms with Gasteiger partial charge in [0.15, 0.2) is 0 Å². The predicted octanol–water partition coefficient (Wildman–Crippen LogP) is 5.11. The average Bonchev–Trinajstić information content (AvgIpc) is 3.46. The number of H-pyrrole nitrogens is 1. The maximum atomic E-state index is 14.1. The number of esters is 2. The van der Waals surface area contributed by atoms with Crippen LogP contribution in [0.1, 0.15) is 49.1 Å². The van der Waals surface area contributed by atoms with E-state index in [0.29, 0.717) is 13.0 Å². The molecule has 0 aliphatic carbocycles. The van der Waals surface area contributed by atoms with Crippen LogP contribution in [0.25, 0.3) is 10.9 Å². The van der Waals surface area contributed by atoms with Gasteiger partial charge in [-0.1, -0.05) is 78.9 Å². The van der Waals surface area contributed by atoms with Gasteiger partial charge in [-0.3, -0.25) is 14.5 Å². The van der Waals surface area contributed by atoms with Gasteiger partial charge in [-0.15, -0.1) is 0 Å². The Morgan fingerprint density at radius 2 is 1.52 bits per heavy atom. The van der Waals surface area contributed by atoms with Crippen molar-refractivity contribution >= 4 is 28.7 Å². The van der Waals surface area contributed by atoms with E-state index in [2.05, 4.69) is 16.0 Å². The molecule has 216 valence electrons. The molecular formula is C34H35N3O5. The Labute approximate surface area is 245 Å². The number of fused-ring (bicyclic) bond motifs is 4. The van der Waals surface area contributed by atoms with Crippen molar-refractivity contribution < 1.29 is 23.9 Å². The minimum absolute atomic E-state index is 0.0217. The third-order valence-corrected chi connectivity index (χ3v) is 8.49. The van der Waals surface area contributed by atoms with Crippen molar-refractivity contribution in [3.63, 3.8) is 0 Å². The largest absolute Gasteiger partial charge is 0.461 e. The highest BCUT2D eigenvalue weighted by Crippen LogP contribution is 2.42. The number of aromatic nitrogens is 1. The topological polar surface area (TPSA) is 91.9 Å². The van der Waals surface area contributed by atoms with Gasteiger partial charge in [-0.05, 0) is 49.4 Å². The molecule has 0 bridgehead atoms. The lowest BCUT2D eigenvalue weighted by molar-refractivity contribution is -0.160. The minimum Gasteiger partial charge on any atom is -0.461 e. The fourth-order valence-electron chi connectivity index (χ4n) is 6.35. The number of benzene rings is 3. The van der Waals surface area contributed by atoms with Crippen LogP contribution in [0.5, 0.6) is 0 Å². The number of amides is 1.